The summed E-state index contributed by atoms with van der Waals surface area (Å²) in [5, 5.41) is 3.80. The molecule has 0 atom stereocenters. The lowest BCUT2D eigenvalue weighted by atomic mass is 10.0. The van der Waals surface area contributed by atoms with Crippen molar-refractivity contribution in [3.8, 4) is 0 Å². The van der Waals surface area contributed by atoms with Gasteiger partial charge in [0.2, 0.25) is 0 Å². The smallest absolute Gasteiger partial charge is 0.180 e. The zero-order valence-corrected chi connectivity index (χ0v) is 14.8. The molecule has 1 heterocycles. The summed E-state index contributed by atoms with van der Waals surface area (Å²) in [6.45, 7) is 3.57. The molecular weight excluding hydrogens is 308 g/mol. The van der Waals surface area contributed by atoms with Crippen molar-refractivity contribution in [3.05, 3.63) is 24.3 Å². The second-order valence-corrected chi connectivity index (χ2v) is 9.03. The number of rotatable bonds is 5. The summed E-state index contributed by atoms with van der Waals surface area (Å²) in [5.41, 5.74) is 0.883. The third-order valence-electron chi connectivity index (χ3n) is 5.24. The molecule has 1 aromatic rings. The predicted octanol–water partition coefficient (Wildman–Crippen LogP) is 2.98. The first-order valence-corrected chi connectivity index (χ1v) is 10.6. The minimum atomic E-state index is -3.17. The topological polar surface area (TPSA) is 49.4 Å². The molecular formula is C18H28N2O2S. The number of hydrogen-bond acceptors (Lipinski definition) is 4. The molecule has 0 aromatic heterocycles. The van der Waals surface area contributed by atoms with Crippen molar-refractivity contribution in [1.29, 1.82) is 0 Å². The minimum absolute atomic E-state index is 0.156. The Morgan fingerprint density at radius 1 is 1.04 bits per heavy atom. The molecule has 2 fully saturated rings. The summed E-state index contributed by atoms with van der Waals surface area (Å²) >= 11 is 0. The average Bonchev–Trinajstić information content (AvgIpc) is 3.08. The molecule has 0 unspecified atom stereocenters. The van der Waals surface area contributed by atoms with Gasteiger partial charge in [0.25, 0.3) is 0 Å². The van der Waals surface area contributed by atoms with Crippen LogP contribution >= 0.6 is 0 Å². The van der Waals surface area contributed by atoms with Gasteiger partial charge in [0.1, 0.15) is 0 Å². The lowest BCUT2D eigenvalue weighted by Gasteiger charge is -2.36. The van der Waals surface area contributed by atoms with E-state index in [1.54, 1.807) is 13.0 Å². The predicted molar refractivity (Wildman–Crippen MR) is 94.8 cm³/mol. The summed E-state index contributed by atoms with van der Waals surface area (Å²) in [6, 6.07) is 8.75. The van der Waals surface area contributed by atoms with Gasteiger partial charge >= 0.3 is 0 Å². The number of anilines is 1. The molecule has 0 spiro atoms. The highest BCUT2D eigenvalue weighted by Gasteiger charge is 2.26. The van der Waals surface area contributed by atoms with Gasteiger partial charge in [-0.15, -0.1) is 0 Å². The summed E-state index contributed by atoms with van der Waals surface area (Å²) < 4.78 is 24.6. The molecule has 2 aliphatic rings. The maximum absolute atomic E-state index is 12.3. The van der Waals surface area contributed by atoms with Crippen LogP contribution in [0.5, 0.6) is 0 Å². The third-order valence-corrected chi connectivity index (χ3v) is 7.02. The Morgan fingerprint density at radius 2 is 1.65 bits per heavy atom. The van der Waals surface area contributed by atoms with Gasteiger partial charge in [-0.1, -0.05) is 31.9 Å². The van der Waals surface area contributed by atoms with Gasteiger partial charge in [-0.25, -0.2) is 8.42 Å². The van der Waals surface area contributed by atoms with E-state index >= 15 is 0 Å². The molecule has 1 aromatic carbocycles. The molecule has 1 saturated heterocycles. The van der Waals surface area contributed by atoms with E-state index in [-0.39, 0.29) is 5.75 Å². The third kappa shape index (κ3) is 3.89. The molecule has 1 N–H and O–H groups in total. The van der Waals surface area contributed by atoms with Gasteiger partial charge in [0, 0.05) is 25.2 Å². The van der Waals surface area contributed by atoms with Crippen LogP contribution in [-0.2, 0) is 9.84 Å². The normalized spacial score (nSPS) is 21.0. The van der Waals surface area contributed by atoms with Crippen LogP contribution < -0.4 is 10.2 Å². The zero-order valence-electron chi connectivity index (χ0n) is 14.0. The van der Waals surface area contributed by atoms with E-state index in [1.165, 1.54) is 25.7 Å². The standard InChI is InChI=1S/C18H28N2O2S/c1-2-23(21,22)18-10-6-5-9-17(18)20-13-11-16(12-14-20)19-15-7-3-4-8-15/h5-6,9-10,15-16,19H,2-4,7-8,11-14H2,1H3. The van der Waals surface area contributed by atoms with Gasteiger partial charge in [-0.3, -0.25) is 0 Å². The maximum atomic E-state index is 12.3. The monoisotopic (exact) mass is 336 g/mol. The largest absolute Gasteiger partial charge is 0.370 e. The lowest BCUT2D eigenvalue weighted by Crippen LogP contribution is -2.45. The van der Waals surface area contributed by atoms with Crippen molar-refractivity contribution in [3.63, 3.8) is 0 Å². The first-order valence-electron chi connectivity index (χ1n) is 8.93. The Hall–Kier alpha value is -1.07. The van der Waals surface area contributed by atoms with Gasteiger partial charge in [-0.2, -0.15) is 0 Å². The van der Waals surface area contributed by atoms with E-state index < -0.39 is 9.84 Å². The number of para-hydroxylation sites is 1. The molecule has 0 bridgehead atoms. The van der Waals surface area contributed by atoms with Crippen LogP contribution in [0.3, 0.4) is 0 Å². The molecule has 1 aliphatic heterocycles. The summed E-state index contributed by atoms with van der Waals surface area (Å²) in [4.78, 5) is 2.74. The highest BCUT2D eigenvalue weighted by Crippen LogP contribution is 2.29. The van der Waals surface area contributed by atoms with Gasteiger partial charge in [0.05, 0.1) is 16.3 Å². The van der Waals surface area contributed by atoms with E-state index in [1.807, 2.05) is 18.2 Å². The van der Waals surface area contributed by atoms with Gasteiger partial charge in [-0.05, 0) is 37.8 Å². The van der Waals surface area contributed by atoms with E-state index in [4.69, 9.17) is 0 Å². The van der Waals surface area contributed by atoms with Crippen molar-refractivity contribution in [2.24, 2.45) is 0 Å². The number of piperidine rings is 1. The van der Waals surface area contributed by atoms with Crippen molar-refractivity contribution in [2.75, 3.05) is 23.7 Å². The number of nitrogens with one attached hydrogen (secondary N) is 1. The van der Waals surface area contributed by atoms with E-state index in [0.717, 1.165) is 31.6 Å². The molecule has 1 aliphatic carbocycles. The maximum Gasteiger partial charge on any atom is 0.180 e. The van der Waals surface area contributed by atoms with Crippen molar-refractivity contribution in [2.45, 2.75) is 62.4 Å². The zero-order chi connectivity index (χ0) is 16.3. The van der Waals surface area contributed by atoms with Crippen molar-refractivity contribution in [1.82, 2.24) is 5.32 Å². The molecule has 3 rings (SSSR count). The molecule has 0 amide bonds. The second kappa shape index (κ2) is 7.22. The lowest BCUT2D eigenvalue weighted by molar-refractivity contribution is 0.367. The van der Waals surface area contributed by atoms with Crippen molar-refractivity contribution < 1.29 is 8.42 Å². The fourth-order valence-electron chi connectivity index (χ4n) is 3.85. The number of hydrogen-bond donors (Lipinski definition) is 1. The molecule has 4 nitrogen and oxygen atoms in total. The molecule has 1 saturated carbocycles. The van der Waals surface area contributed by atoms with E-state index in [2.05, 4.69) is 10.2 Å². The van der Waals surface area contributed by atoms with E-state index in [9.17, 15) is 8.42 Å². The SMILES string of the molecule is CCS(=O)(=O)c1ccccc1N1CCC(NC2CCCC2)CC1. The molecule has 0 radical (unpaired) electrons. The summed E-state index contributed by atoms with van der Waals surface area (Å²) in [7, 11) is -3.17. The van der Waals surface area contributed by atoms with Crippen LogP contribution in [0.1, 0.15) is 45.4 Å². The number of nitrogens with zero attached hydrogens (tertiary/aromatic N) is 1. The Morgan fingerprint density at radius 3 is 2.30 bits per heavy atom. The Labute approximate surface area is 140 Å². The minimum Gasteiger partial charge on any atom is -0.370 e. The Balaban J connectivity index is 1.66. The van der Waals surface area contributed by atoms with Crippen LogP contribution in [-0.4, -0.2) is 39.3 Å². The molecule has 5 heteroatoms. The second-order valence-electron chi connectivity index (χ2n) is 6.78. The van der Waals surface area contributed by atoms with Crippen LogP contribution in [0, 0.1) is 0 Å². The molecule has 128 valence electrons. The van der Waals surface area contributed by atoms with Gasteiger partial charge in [0.15, 0.2) is 9.84 Å². The van der Waals surface area contributed by atoms with Crippen molar-refractivity contribution >= 4 is 15.5 Å². The summed E-state index contributed by atoms with van der Waals surface area (Å²) in [5.74, 6) is 0.156. The average molecular weight is 337 g/mol. The highest BCUT2D eigenvalue weighted by atomic mass is 32.2. The van der Waals surface area contributed by atoms with E-state index in [0.29, 0.717) is 17.0 Å². The first kappa shape index (κ1) is 16.8. The first-order chi connectivity index (χ1) is 11.1. The van der Waals surface area contributed by atoms with Gasteiger partial charge < -0.3 is 10.2 Å². The molecule has 23 heavy (non-hydrogen) atoms. The van der Waals surface area contributed by atoms with Crippen LogP contribution in [0.15, 0.2) is 29.2 Å². The summed E-state index contributed by atoms with van der Waals surface area (Å²) in [6.07, 6.45) is 7.54. The van der Waals surface area contributed by atoms with Crippen LogP contribution in [0.4, 0.5) is 5.69 Å². The Kier molecular flexibility index (Phi) is 5.27. The van der Waals surface area contributed by atoms with Crippen LogP contribution in [0.2, 0.25) is 0 Å². The highest BCUT2D eigenvalue weighted by molar-refractivity contribution is 7.91. The van der Waals surface area contributed by atoms with Crippen LogP contribution in [0.25, 0.3) is 0 Å². The quantitative estimate of drug-likeness (QED) is 0.898. The fourth-order valence-corrected chi connectivity index (χ4v) is 4.96. The number of benzene rings is 1. The fraction of sp³-hybridized carbons (Fsp3) is 0.667. The Bertz CT molecular complexity index is 616. The number of sulfone groups is 1.